The number of nitrogens with one attached hydrogen (secondary N) is 1. The number of anilines is 1. The molecule has 0 unspecified atom stereocenters. The van der Waals surface area contributed by atoms with E-state index < -0.39 is 5.91 Å². The molecular weight excluding hydrogens is 296 g/mol. The molecule has 21 heavy (non-hydrogen) atoms. The van der Waals surface area contributed by atoms with Gasteiger partial charge < -0.3 is 14.2 Å². The van der Waals surface area contributed by atoms with Crippen LogP contribution >= 0.6 is 11.3 Å². The number of hydrogen-bond acceptors (Lipinski definition) is 7. The lowest BCUT2D eigenvalue weighted by molar-refractivity contribution is 0.0831. The summed E-state index contributed by atoms with van der Waals surface area (Å²) in [5, 5.41) is 6.41. The third kappa shape index (κ3) is 3.19. The number of carbonyl (C=O) groups is 2. The first-order chi connectivity index (χ1) is 9.92. The molecule has 0 bridgehead atoms. The summed E-state index contributed by atoms with van der Waals surface area (Å²) in [6.45, 7) is 1.71. The fourth-order valence-electron chi connectivity index (χ4n) is 1.47. The van der Waals surface area contributed by atoms with Crippen molar-refractivity contribution in [3.8, 4) is 5.88 Å². The molecule has 0 spiro atoms. The van der Waals surface area contributed by atoms with Gasteiger partial charge in [-0.05, 0) is 12.1 Å². The van der Waals surface area contributed by atoms with Gasteiger partial charge in [-0.3, -0.25) is 14.9 Å². The molecule has 0 aliphatic rings. The van der Waals surface area contributed by atoms with Crippen LogP contribution in [0.3, 0.4) is 0 Å². The van der Waals surface area contributed by atoms with E-state index in [-0.39, 0.29) is 17.5 Å². The summed E-state index contributed by atoms with van der Waals surface area (Å²) in [5.41, 5.74) is 0.559. The van der Waals surface area contributed by atoms with Crippen LogP contribution in [-0.4, -0.2) is 48.1 Å². The molecule has 0 aromatic carbocycles. The highest BCUT2D eigenvalue weighted by molar-refractivity contribution is 7.17. The number of nitrogens with zero attached hydrogens (tertiary/aromatic N) is 3. The number of thiazole rings is 1. The van der Waals surface area contributed by atoms with Crippen LogP contribution in [0.4, 0.5) is 5.13 Å². The molecule has 0 saturated carbocycles. The SMILES string of the molecule is COc1cc(C(=O)Nc2nc(C)c(C(=O)N(C)C)s2)on1. The summed E-state index contributed by atoms with van der Waals surface area (Å²) < 4.78 is 9.66. The lowest BCUT2D eigenvalue weighted by Gasteiger charge is -2.07. The van der Waals surface area contributed by atoms with E-state index in [0.717, 1.165) is 11.3 Å². The first-order valence-corrected chi connectivity index (χ1v) is 6.75. The van der Waals surface area contributed by atoms with Gasteiger partial charge in [0.25, 0.3) is 17.7 Å². The lowest BCUT2D eigenvalue weighted by atomic mass is 10.3. The average molecular weight is 310 g/mol. The summed E-state index contributed by atoms with van der Waals surface area (Å²) in [7, 11) is 4.73. The van der Waals surface area contributed by atoms with E-state index in [0.29, 0.717) is 15.7 Å². The molecule has 2 aromatic heterocycles. The van der Waals surface area contributed by atoms with E-state index in [9.17, 15) is 9.59 Å². The monoisotopic (exact) mass is 310 g/mol. The van der Waals surface area contributed by atoms with Crippen LogP contribution in [-0.2, 0) is 0 Å². The molecule has 0 atom stereocenters. The number of hydrogen-bond donors (Lipinski definition) is 1. The van der Waals surface area contributed by atoms with E-state index in [4.69, 9.17) is 9.26 Å². The smallest absolute Gasteiger partial charge is 0.296 e. The van der Waals surface area contributed by atoms with Crippen molar-refractivity contribution >= 4 is 28.3 Å². The maximum atomic E-state index is 11.9. The van der Waals surface area contributed by atoms with Crippen LogP contribution in [0, 0.1) is 6.92 Å². The Kier molecular flexibility index (Phi) is 4.22. The number of aryl methyl sites for hydroxylation is 1. The summed E-state index contributed by atoms with van der Waals surface area (Å²) in [6, 6.07) is 1.36. The van der Waals surface area contributed by atoms with Crippen LogP contribution in [0.5, 0.6) is 5.88 Å². The molecule has 2 rings (SSSR count). The molecule has 0 fully saturated rings. The summed E-state index contributed by atoms with van der Waals surface area (Å²) >= 11 is 1.10. The van der Waals surface area contributed by atoms with E-state index in [2.05, 4.69) is 15.5 Å². The predicted octanol–water partition coefficient (Wildman–Crippen LogP) is 1.40. The van der Waals surface area contributed by atoms with Crippen LogP contribution in [0.1, 0.15) is 25.9 Å². The van der Waals surface area contributed by atoms with Gasteiger partial charge >= 0.3 is 0 Å². The number of rotatable bonds is 4. The fourth-order valence-corrected chi connectivity index (χ4v) is 2.46. The standard InChI is InChI=1S/C12H14N4O4S/c1-6-9(11(18)16(2)3)21-12(13-6)14-10(17)7-5-8(19-4)15-20-7/h5H,1-4H3,(H,13,14,17). The van der Waals surface area contributed by atoms with E-state index in [1.165, 1.54) is 18.1 Å². The molecule has 8 nitrogen and oxygen atoms in total. The lowest BCUT2D eigenvalue weighted by Crippen LogP contribution is -2.21. The number of methoxy groups -OCH3 is 1. The van der Waals surface area contributed by atoms with E-state index >= 15 is 0 Å². The van der Waals surface area contributed by atoms with Crippen molar-refractivity contribution in [2.45, 2.75) is 6.92 Å². The Morgan fingerprint density at radius 2 is 2.14 bits per heavy atom. The third-order valence-electron chi connectivity index (χ3n) is 2.54. The summed E-state index contributed by atoms with van der Waals surface area (Å²) in [5.74, 6) is -0.464. The zero-order chi connectivity index (χ0) is 15.6. The Hall–Kier alpha value is -2.42. The molecule has 112 valence electrons. The van der Waals surface area contributed by atoms with Gasteiger partial charge in [-0.15, -0.1) is 0 Å². The first-order valence-electron chi connectivity index (χ1n) is 5.93. The van der Waals surface area contributed by atoms with Gasteiger partial charge in [-0.2, -0.15) is 0 Å². The summed E-state index contributed by atoms with van der Waals surface area (Å²) in [4.78, 5) is 29.9. The molecule has 2 aromatic rings. The predicted molar refractivity (Wildman–Crippen MR) is 75.9 cm³/mol. The Balaban J connectivity index is 2.15. The highest BCUT2D eigenvalue weighted by Gasteiger charge is 2.20. The van der Waals surface area contributed by atoms with Crippen molar-refractivity contribution in [3.05, 3.63) is 22.4 Å². The van der Waals surface area contributed by atoms with Crippen LogP contribution in [0.25, 0.3) is 0 Å². The Morgan fingerprint density at radius 1 is 1.43 bits per heavy atom. The second-order valence-corrected chi connectivity index (χ2v) is 5.32. The average Bonchev–Trinajstić information content (AvgIpc) is 3.04. The highest BCUT2D eigenvalue weighted by atomic mass is 32.1. The fraction of sp³-hybridized carbons (Fsp3) is 0.333. The highest BCUT2D eigenvalue weighted by Crippen LogP contribution is 2.24. The molecule has 1 N–H and O–H groups in total. The molecule has 2 amide bonds. The zero-order valence-corrected chi connectivity index (χ0v) is 12.8. The number of carbonyl (C=O) groups excluding carboxylic acids is 2. The van der Waals surface area contributed by atoms with Gasteiger partial charge in [0.15, 0.2) is 5.13 Å². The maximum Gasteiger partial charge on any atom is 0.296 e. The van der Waals surface area contributed by atoms with Crippen molar-refractivity contribution < 1.29 is 18.8 Å². The second kappa shape index (κ2) is 5.92. The third-order valence-corrected chi connectivity index (χ3v) is 3.60. The molecular formula is C12H14N4O4S. The van der Waals surface area contributed by atoms with E-state index in [1.807, 2.05) is 0 Å². The molecule has 0 saturated heterocycles. The van der Waals surface area contributed by atoms with Crippen molar-refractivity contribution in [1.82, 2.24) is 15.0 Å². The zero-order valence-electron chi connectivity index (χ0n) is 12.0. The van der Waals surface area contributed by atoms with E-state index in [1.54, 1.807) is 21.0 Å². The van der Waals surface area contributed by atoms with Crippen LogP contribution < -0.4 is 10.1 Å². The minimum Gasteiger partial charge on any atom is -0.479 e. The second-order valence-electron chi connectivity index (χ2n) is 4.32. The Bertz CT molecular complexity index is 677. The Morgan fingerprint density at radius 3 is 2.71 bits per heavy atom. The summed E-state index contributed by atoms with van der Waals surface area (Å²) in [6.07, 6.45) is 0. The number of aromatic nitrogens is 2. The topological polar surface area (TPSA) is 97.6 Å². The van der Waals surface area contributed by atoms with Crippen molar-refractivity contribution in [2.75, 3.05) is 26.5 Å². The van der Waals surface area contributed by atoms with Gasteiger partial charge in [-0.25, -0.2) is 4.98 Å². The maximum absolute atomic E-state index is 11.9. The Labute approximate surface area is 124 Å². The van der Waals surface area contributed by atoms with Crippen molar-refractivity contribution in [2.24, 2.45) is 0 Å². The van der Waals surface area contributed by atoms with Crippen LogP contribution in [0.15, 0.2) is 10.6 Å². The normalized spacial score (nSPS) is 10.3. The molecule has 2 heterocycles. The molecule has 0 aliphatic carbocycles. The minimum atomic E-state index is -0.511. The van der Waals surface area contributed by atoms with Crippen molar-refractivity contribution in [3.63, 3.8) is 0 Å². The minimum absolute atomic E-state index is 0.000175. The van der Waals surface area contributed by atoms with Crippen molar-refractivity contribution in [1.29, 1.82) is 0 Å². The van der Waals surface area contributed by atoms with Crippen LogP contribution in [0.2, 0.25) is 0 Å². The van der Waals surface area contributed by atoms with Gasteiger partial charge in [-0.1, -0.05) is 11.3 Å². The largest absolute Gasteiger partial charge is 0.479 e. The number of amides is 2. The van der Waals surface area contributed by atoms with Gasteiger partial charge in [0.05, 0.1) is 18.9 Å². The van der Waals surface area contributed by atoms with Gasteiger partial charge in [0, 0.05) is 14.1 Å². The molecule has 0 aliphatic heterocycles. The molecule has 0 radical (unpaired) electrons. The molecule has 9 heteroatoms. The quantitative estimate of drug-likeness (QED) is 0.916. The number of ether oxygens (including phenoxy) is 1. The van der Waals surface area contributed by atoms with Gasteiger partial charge in [0.1, 0.15) is 4.88 Å². The first kappa shape index (κ1) is 15.0. The van der Waals surface area contributed by atoms with Gasteiger partial charge in [0.2, 0.25) is 5.76 Å².